The summed E-state index contributed by atoms with van der Waals surface area (Å²) in [6, 6.07) is 7.04. The van der Waals surface area contributed by atoms with Crippen molar-refractivity contribution in [3.05, 3.63) is 29.8 Å². The lowest BCUT2D eigenvalue weighted by Crippen LogP contribution is -2.46. The standard InChI is InChI=1S/C17H25N3O3/c1-11(14-6-4-7-15(10-14)20-13(3)21)18-17(22)19-12(2)16-8-5-9-23-16/h4,6-7,10-12,16H,5,8-9H2,1-3H3,(H,20,21)(H2,18,19,22)/t11-,12+,16+/m0/s1. The number of amides is 3. The number of ether oxygens (including phenoxy) is 1. The Balaban J connectivity index is 1.88. The second kappa shape index (κ2) is 7.97. The fraction of sp³-hybridized carbons (Fsp3) is 0.529. The number of carbonyl (C=O) groups excluding carboxylic acids is 2. The summed E-state index contributed by atoms with van der Waals surface area (Å²) in [7, 11) is 0. The molecule has 1 saturated heterocycles. The van der Waals surface area contributed by atoms with Crippen LogP contribution in [0.1, 0.15) is 45.2 Å². The second-order valence-electron chi connectivity index (χ2n) is 5.99. The highest BCUT2D eigenvalue weighted by Crippen LogP contribution is 2.18. The van der Waals surface area contributed by atoms with Gasteiger partial charge in [-0.05, 0) is 44.4 Å². The molecule has 3 amide bonds. The minimum Gasteiger partial charge on any atom is -0.376 e. The summed E-state index contributed by atoms with van der Waals surface area (Å²) in [5, 5.41) is 8.58. The lowest BCUT2D eigenvalue weighted by atomic mass is 10.1. The van der Waals surface area contributed by atoms with Gasteiger partial charge in [0, 0.05) is 19.2 Å². The van der Waals surface area contributed by atoms with Crippen LogP contribution in [-0.4, -0.2) is 30.7 Å². The molecule has 1 aromatic rings. The minimum absolute atomic E-state index is 0.0181. The molecule has 6 nitrogen and oxygen atoms in total. The molecule has 0 saturated carbocycles. The second-order valence-corrected chi connectivity index (χ2v) is 5.99. The molecule has 0 bridgehead atoms. The Morgan fingerprint density at radius 3 is 2.70 bits per heavy atom. The third kappa shape index (κ3) is 5.25. The summed E-state index contributed by atoms with van der Waals surface area (Å²) in [4.78, 5) is 23.2. The van der Waals surface area contributed by atoms with Crippen LogP contribution >= 0.6 is 0 Å². The maximum Gasteiger partial charge on any atom is 0.315 e. The summed E-state index contributed by atoms with van der Waals surface area (Å²) < 4.78 is 5.58. The molecular formula is C17H25N3O3. The topological polar surface area (TPSA) is 79.5 Å². The van der Waals surface area contributed by atoms with Crippen LogP contribution < -0.4 is 16.0 Å². The first kappa shape index (κ1) is 17.3. The van der Waals surface area contributed by atoms with Crippen LogP contribution in [0.4, 0.5) is 10.5 Å². The molecular weight excluding hydrogens is 294 g/mol. The highest BCUT2D eigenvalue weighted by molar-refractivity contribution is 5.88. The summed E-state index contributed by atoms with van der Waals surface area (Å²) in [5.41, 5.74) is 1.65. The van der Waals surface area contributed by atoms with Gasteiger partial charge in [0.2, 0.25) is 5.91 Å². The van der Waals surface area contributed by atoms with Crippen molar-refractivity contribution in [3.63, 3.8) is 0 Å². The van der Waals surface area contributed by atoms with Crippen LogP contribution in [0, 0.1) is 0 Å². The van der Waals surface area contributed by atoms with Crippen molar-refractivity contribution < 1.29 is 14.3 Å². The van der Waals surface area contributed by atoms with E-state index in [1.165, 1.54) is 6.92 Å². The van der Waals surface area contributed by atoms with Crippen LogP contribution in [0.3, 0.4) is 0 Å². The fourth-order valence-electron chi connectivity index (χ4n) is 2.71. The van der Waals surface area contributed by atoms with Gasteiger partial charge in [-0.2, -0.15) is 0 Å². The van der Waals surface area contributed by atoms with Gasteiger partial charge in [-0.1, -0.05) is 12.1 Å². The van der Waals surface area contributed by atoms with E-state index in [2.05, 4.69) is 16.0 Å². The lowest BCUT2D eigenvalue weighted by molar-refractivity contribution is -0.114. The van der Waals surface area contributed by atoms with Gasteiger partial charge in [-0.3, -0.25) is 4.79 Å². The Morgan fingerprint density at radius 1 is 1.26 bits per heavy atom. The molecule has 3 N–H and O–H groups in total. The van der Waals surface area contributed by atoms with E-state index < -0.39 is 0 Å². The van der Waals surface area contributed by atoms with Crippen LogP contribution in [-0.2, 0) is 9.53 Å². The van der Waals surface area contributed by atoms with E-state index >= 15 is 0 Å². The van der Waals surface area contributed by atoms with Crippen molar-refractivity contribution in [1.29, 1.82) is 0 Å². The number of carbonyl (C=O) groups is 2. The summed E-state index contributed by atoms with van der Waals surface area (Å²) in [5.74, 6) is -0.120. The van der Waals surface area contributed by atoms with Crippen molar-refractivity contribution in [1.82, 2.24) is 10.6 Å². The first-order valence-electron chi connectivity index (χ1n) is 8.02. The zero-order valence-electron chi connectivity index (χ0n) is 13.9. The number of nitrogens with one attached hydrogen (secondary N) is 3. The van der Waals surface area contributed by atoms with Crippen LogP contribution in [0.5, 0.6) is 0 Å². The molecule has 0 aliphatic carbocycles. The van der Waals surface area contributed by atoms with Crippen molar-refractivity contribution in [2.45, 2.75) is 51.8 Å². The van der Waals surface area contributed by atoms with Crippen LogP contribution in [0.15, 0.2) is 24.3 Å². The number of hydrogen-bond acceptors (Lipinski definition) is 3. The van der Waals surface area contributed by atoms with Crippen LogP contribution in [0.2, 0.25) is 0 Å². The Kier molecular flexibility index (Phi) is 5.98. The quantitative estimate of drug-likeness (QED) is 0.780. The first-order chi connectivity index (χ1) is 11.0. The largest absolute Gasteiger partial charge is 0.376 e. The molecule has 2 rings (SSSR count). The Labute approximate surface area is 137 Å². The van der Waals surface area contributed by atoms with E-state index in [0.29, 0.717) is 0 Å². The smallest absolute Gasteiger partial charge is 0.315 e. The highest BCUT2D eigenvalue weighted by atomic mass is 16.5. The summed E-state index contributed by atoms with van der Waals surface area (Å²) >= 11 is 0. The third-order valence-electron chi connectivity index (χ3n) is 3.94. The van der Waals surface area contributed by atoms with E-state index in [0.717, 1.165) is 30.7 Å². The van der Waals surface area contributed by atoms with Gasteiger partial charge in [-0.15, -0.1) is 0 Å². The fourth-order valence-corrected chi connectivity index (χ4v) is 2.71. The zero-order chi connectivity index (χ0) is 16.8. The molecule has 1 aromatic carbocycles. The Hall–Kier alpha value is -2.08. The lowest BCUT2D eigenvalue weighted by Gasteiger charge is -2.22. The van der Waals surface area contributed by atoms with Crippen molar-refractivity contribution in [2.75, 3.05) is 11.9 Å². The molecule has 126 valence electrons. The minimum atomic E-state index is -0.217. The molecule has 0 spiro atoms. The van der Waals surface area contributed by atoms with Crippen molar-refractivity contribution >= 4 is 17.6 Å². The molecule has 1 fully saturated rings. The molecule has 1 aliphatic heterocycles. The van der Waals surface area contributed by atoms with Gasteiger partial charge in [0.15, 0.2) is 0 Å². The van der Waals surface area contributed by atoms with E-state index in [9.17, 15) is 9.59 Å². The normalized spacial score (nSPS) is 19.7. The molecule has 0 aromatic heterocycles. The number of rotatable bonds is 5. The van der Waals surface area contributed by atoms with Gasteiger partial charge in [0.25, 0.3) is 0 Å². The molecule has 1 heterocycles. The molecule has 6 heteroatoms. The molecule has 23 heavy (non-hydrogen) atoms. The monoisotopic (exact) mass is 319 g/mol. The predicted molar refractivity (Wildman–Crippen MR) is 89.3 cm³/mol. The number of anilines is 1. The zero-order valence-corrected chi connectivity index (χ0v) is 13.9. The number of urea groups is 1. The Morgan fingerprint density at radius 2 is 2.04 bits per heavy atom. The van der Waals surface area contributed by atoms with Gasteiger partial charge in [0.1, 0.15) is 0 Å². The Bertz CT molecular complexity index is 556. The average Bonchev–Trinajstić information content (AvgIpc) is 3.00. The van der Waals surface area contributed by atoms with E-state index in [4.69, 9.17) is 4.74 Å². The van der Waals surface area contributed by atoms with Gasteiger partial charge < -0.3 is 20.7 Å². The molecule has 1 aliphatic rings. The molecule has 0 unspecified atom stereocenters. The van der Waals surface area contributed by atoms with E-state index in [1.807, 2.05) is 38.1 Å². The van der Waals surface area contributed by atoms with Crippen molar-refractivity contribution in [3.8, 4) is 0 Å². The van der Waals surface area contributed by atoms with E-state index in [1.54, 1.807) is 0 Å². The average molecular weight is 319 g/mol. The summed E-state index contributed by atoms with van der Waals surface area (Å²) in [6.07, 6.45) is 2.12. The SMILES string of the molecule is CC(=O)Nc1cccc([C@H](C)NC(=O)N[C@H](C)[C@H]2CCCO2)c1. The van der Waals surface area contributed by atoms with Crippen molar-refractivity contribution in [2.24, 2.45) is 0 Å². The maximum atomic E-state index is 12.1. The van der Waals surface area contributed by atoms with Gasteiger partial charge >= 0.3 is 6.03 Å². The third-order valence-corrected chi connectivity index (χ3v) is 3.94. The first-order valence-corrected chi connectivity index (χ1v) is 8.02. The highest BCUT2D eigenvalue weighted by Gasteiger charge is 2.24. The predicted octanol–water partition coefficient (Wildman–Crippen LogP) is 2.57. The van der Waals surface area contributed by atoms with E-state index in [-0.39, 0.29) is 30.1 Å². The maximum absolute atomic E-state index is 12.1. The summed E-state index contributed by atoms with van der Waals surface area (Å²) in [6.45, 7) is 6.10. The number of hydrogen-bond donors (Lipinski definition) is 3. The van der Waals surface area contributed by atoms with Crippen LogP contribution in [0.25, 0.3) is 0 Å². The van der Waals surface area contributed by atoms with Gasteiger partial charge in [0.05, 0.1) is 18.2 Å². The van der Waals surface area contributed by atoms with Gasteiger partial charge in [-0.25, -0.2) is 4.79 Å². The molecule has 0 radical (unpaired) electrons. The molecule has 3 atom stereocenters. The number of benzene rings is 1.